The molecule has 0 fully saturated rings. The van der Waals surface area contributed by atoms with E-state index in [1.807, 2.05) is 27.2 Å². The summed E-state index contributed by atoms with van der Waals surface area (Å²) in [6.45, 7) is 4.85. The Balaban J connectivity index is 4.26. The van der Waals surface area contributed by atoms with Crippen LogP contribution in [0.15, 0.2) is 12.2 Å². The van der Waals surface area contributed by atoms with Gasteiger partial charge < -0.3 is 19.8 Å². The van der Waals surface area contributed by atoms with E-state index in [2.05, 4.69) is 19.2 Å². The van der Waals surface area contributed by atoms with Gasteiger partial charge in [-0.15, -0.1) is 0 Å². The predicted octanol–water partition coefficient (Wildman–Crippen LogP) is 14.7. The number of aliphatic hydroxyl groups is 1. The molecule has 0 aliphatic carbocycles. The van der Waals surface area contributed by atoms with Crippen LogP contribution in [0.5, 0.6) is 0 Å². The summed E-state index contributed by atoms with van der Waals surface area (Å²) in [6.07, 6.45) is 50.0. The molecule has 1 amide bonds. The van der Waals surface area contributed by atoms with E-state index < -0.39 is 20.0 Å². The molecule has 0 aliphatic rings. The highest BCUT2D eigenvalue weighted by Gasteiger charge is 2.27. The molecule has 0 saturated carbocycles. The molecule has 0 heterocycles. The van der Waals surface area contributed by atoms with Crippen molar-refractivity contribution in [2.45, 2.75) is 264 Å². The molecule has 352 valence electrons. The largest absolute Gasteiger partial charge is 0.472 e. The number of phosphoric ester groups is 1. The van der Waals surface area contributed by atoms with Crippen LogP contribution in [0.1, 0.15) is 251 Å². The fourth-order valence-corrected chi connectivity index (χ4v) is 8.43. The summed E-state index contributed by atoms with van der Waals surface area (Å²) in [6, 6.07) is -0.840. The maximum absolute atomic E-state index is 12.9. The van der Waals surface area contributed by atoms with Crippen molar-refractivity contribution in [3.05, 3.63) is 12.2 Å². The zero-order valence-electron chi connectivity index (χ0n) is 40.0. The van der Waals surface area contributed by atoms with Crippen molar-refractivity contribution in [2.24, 2.45) is 0 Å². The van der Waals surface area contributed by atoms with Gasteiger partial charge in [-0.1, -0.05) is 238 Å². The number of carbonyl (C=O) groups excluding carboxylic acids is 1. The number of phosphoric acid groups is 1. The van der Waals surface area contributed by atoms with Crippen molar-refractivity contribution in [3.8, 4) is 0 Å². The molecule has 0 rings (SSSR count). The first kappa shape index (κ1) is 58.2. The van der Waals surface area contributed by atoms with Gasteiger partial charge in [-0.3, -0.25) is 13.8 Å². The zero-order chi connectivity index (χ0) is 43.6. The Hall–Kier alpha value is -0.760. The van der Waals surface area contributed by atoms with E-state index in [4.69, 9.17) is 9.05 Å². The molecule has 0 aromatic heterocycles. The lowest BCUT2D eigenvalue weighted by atomic mass is 10.0. The lowest BCUT2D eigenvalue weighted by molar-refractivity contribution is -0.870. The second kappa shape index (κ2) is 42.5. The maximum atomic E-state index is 12.9. The van der Waals surface area contributed by atoms with E-state index >= 15 is 0 Å². The third kappa shape index (κ3) is 45.1. The minimum atomic E-state index is -4.34. The fraction of sp³-hybridized carbons (Fsp3) is 0.940. The van der Waals surface area contributed by atoms with Crippen LogP contribution in [-0.2, 0) is 18.4 Å². The van der Waals surface area contributed by atoms with Crippen molar-refractivity contribution in [1.82, 2.24) is 5.32 Å². The Morgan fingerprint density at radius 3 is 1.25 bits per heavy atom. The Labute approximate surface area is 367 Å². The second-order valence-electron chi connectivity index (χ2n) is 18.9. The number of allylic oxidation sites excluding steroid dienone is 1. The van der Waals surface area contributed by atoms with Crippen molar-refractivity contribution < 1.29 is 32.9 Å². The molecule has 9 heteroatoms. The number of likely N-dealkylation sites (N-methyl/N-ethyl adjacent to an activating group) is 1. The molecule has 0 bridgehead atoms. The minimum Gasteiger partial charge on any atom is -0.387 e. The van der Waals surface area contributed by atoms with Crippen LogP contribution < -0.4 is 5.32 Å². The van der Waals surface area contributed by atoms with Gasteiger partial charge >= 0.3 is 7.82 Å². The molecule has 0 saturated heterocycles. The topological polar surface area (TPSA) is 105 Å². The summed E-state index contributed by atoms with van der Waals surface area (Å²) >= 11 is 0. The molecule has 8 nitrogen and oxygen atoms in total. The lowest BCUT2D eigenvalue weighted by Gasteiger charge is -2.25. The number of quaternary nitrogens is 1. The van der Waals surface area contributed by atoms with Crippen LogP contribution in [0, 0.1) is 0 Å². The Bertz CT molecular complexity index is 974. The third-order valence-corrected chi connectivity index (χ3v) is 12.7. The standard InChI is InChI=1S/C50H101N2O6P/c1-6-8-10-12-14-16-18-20-22-24-25-26-27-28-30-32-34-36-38-40-42-44-50(54)51-48(47-58-59(55,56)57-46-45-52(3,4)5)49(53)43-41-39-37-35-33-31-29-23-21-19-17-15-13-11-9-7-2/h41,43,48-49,53H,6-40,42,44-47H2,1-5H3,(H-,51,54,55,56)/p+1/b43-41+. The molecule has 0 aromatic rings. The van der Waals surface area contributed by atoms with Crippen molar-refractivity contribution in [3.63, 3.8) is 0 Å². The van der Waals surface area contributed by atoms with Crippen molar-refractivity contribution in [1.29, 1.82) is 0 Å². The van der Waals surface area contributed by atoms with Gasteiger partial charge in [-0.2, -0.15) is 0 Å². The Morgan fingerprint density at radius 1 is 0.559 bits per heavy atom. The third-order valence-electron chi connectivity index (χ3n) is 11.8. The van der Waals surface area contributed by atoms with Crippen LogP contribution in [0.3, 0.4) is 0 Å². The van der Waals surface area contributed by atoms with Gasteiger partial charge in [0.05, 0.1) is 39.9 Å². The number of nitrogens with one attached hydrogen (secondary N) is 1. The molecular weight excluding hydrogens is 756 g/mol. The molecule has 0 aromatic carbocycles. The average molecular weight is 858 g/mol. The number of rotatable bonds is 47. The monoisotopic (exact) mass is 858 g/mol. The quantitative estimate of drug-likeness (QED) is 0.0244. The van der Waals surface area contributed by atoms with Crippen LogP contribution >= 0.6 is 7.82 Å². The zero-order valence-corrected chi connectivity index (χ0v) is 40.9. The molecule has 0 radical (unpaired) electrons. The lowest BCUT2D eigenvalue weighted by Crippen LogP contribution is -2.45. The molecule has 0 spiro atoms. The number of hydrogen-bond acceptors (Lipinski definition) is 5. The number of nitrogens with zero attached hydrogens (tertiary/aromatic N) is 1. The summed E-state index contributed by atoms with van der Waals surface area (Å²) in [5, 5.41) is 13.9. The predicted molar refractivity (Wildman–Crippen MR) is 254 cm³/mol. The Kier molecular flexibility index (Phi) is 42.0. The molecule has 3 unspecified atom stereocenters. The fourth-order valence-electron chi connectivity index (χ4n) is 7.69. The van der Waals surface area contributed by atoms with E-state index in [9.17, 15) is 19.4 Å². The number of aliphatic hydroxyl groups excluding tert-OH is 1. The number of unbranched alkanes of at least 4 members (excludes halogenated alkanes) is 34. The van der Waals surface area contributed by atoms with Gasteiger partial charge in [-0.25, -0.2) is 4.57 Å². The summed E-state index contributed by atoms with van der Waals surface area (Å²) in [5.41, 5.74) is 0. The van der Waals surface area contributed by atoms with E-state index in [1.165, 1.54) is 199 Å². The van der Waals surface area contributed by atoms with Crippen LogP contribution in [0.25, 0.3) is 0 Å². The molecule has 3 atom stereocenters. The summed E-state index contributed by atoms with van der Waals surface area (Å²) in [7, 11) is 1.59. The van der Waals surface area contributed by atoms with Crippen LogP contribution in [0.2, 0.25) is 0 Å². The molecule has 0 aliphatic heterocycles. The van der Waals surface area contributed by atoms with Gasteiger partial charge in [-0.05, 0) is 19.3 Å². The maximum Gasteiger partial charge on any atom is 0.472 e. The van der Waals surface area contributed by atoms with Crippen LogP contribution in [0.4, 0.5) is 0 Å². The minimum absolute atomic E-state index is 0.0649. The summed E-state index contributed by atoms with van der Waals surface area (Å²) in [5.74, 6) is -0.172. The highest BCUT2D eigenvalue weighted by Crippen LogP contribution is 2.43. The first-order valence-electron chi connectivity index (χ1n) is 25.6. The number of hydrogen-bond donors (Lipinski definition) is 3. The van der Waals surface area contributed by atoms with Gasteiger partial charge in [0.1, 0.15) is 13.2 Å². The second-order valence-corrected chi connectivity index (χ2v) is 20.4. The van der Waals surface area contributed by atoms with Crippen LogP contribution in [-0.4, -0.2) is 73.4 Å². The Morgan fingerprint density at radius 2 is 0.898 bits per heavy atom. The van der Waals surface area contributed by atoms with Gasteiger partial charge in [0, 0.05) is 6.42 Å². The first-order valence-corrected chi connectivity index (χ1v) is 27.1. The highest BCUT2D eigenvalue weighted by atomic mass is 31.2. The molecule has 3 N–H and O–H groups in total. The van der Waals surface area contributed by atoms with Crippen molar-refractivity contribution in [2.75, 3.05) is 40.9 Å². The van der Waals surface area contributed by atoms with E-state index in [0.29, 0.717) is 17.4 Å². The summed E-state index contributed by atoms with van der Waals surface area (Å²) < 4.78 is 23.6. The van der Waals surface area contributed by atoms with Gasteiger partial charge in [0.2, 0.25) is 5.91 Å². The van der Waals surface area contributed by atoms with E-state index in [1.54, 1.807) is 6.08 Å². The highest BCUT2D eigenvalue weighted by molar-refractivity contribution is 7.47. The number of amides is 1. The van der Waals surface area contributed by atoms with Gasteiger partial charge in [0.15, 0.2) is 0 Å². The SMILES string of the molecule is CCCCCCCCCCCCCCCC/C=C/C(O)C(COP(=O)(O)OCC[N+](C)(C)C)NC(=O)CCCCCCCCCCCCCCCCCCCCCCC. The van der Waals surface area contributed by atoms with Gasteiger partial charge in [0.25, 0.3) is 0 Å². The summed E-state index contributed by atoms with van der Waals surface area (Å²) in [4.78, 5) is 23.2. The number of carbonyl (C=O) groups is 1. The average Bonchev–Trinajstić information content (AvgIpc) is 3.19. The molecular formula is C50H102N2O6P+. The first-order chi connectivity index (χ1) is 28.5. The normalized spacial score (nSPS) is 14.2. The smallest absolute Gasteiger partial charge is 0.387 e. The van der Waals surface area contributed by atoms with E-state index in [-0.39, 0.29) is 19.1 Å². The van der Waals surface area contributed by atoms with Crippen molar-refractivity contribution >= 4 is 13.7 Å². The van der Waals surface area contributed by atoms with E-state index in [0.717, 1.165) is 32.1 Å². The molecule has 59 heavy (non-hydrogen) atoms.